The number of benzene rings is 2. The molecule has 2 aromatic carbocycles. The first kappa shape index (κ1) is 27.5. The van der Waals surface area contributed by atoms with Crippen LogP contribution in [0.1, 0.15) is 56.8 Å². The molecule has 2 aliphatic carbocycles. The van der Waals surface area contributed by atoms with E-state index < -0.39 is 31.7 Å². The van der Waals surface area contributed by atoms with Crippen LogP contribution >= 0.6 is 23.4 Å². The Morgan fingerprint density at radius 1 is 1.06 bits per heavy atom. The van der Waals surface area contributed by atoms with Gasteiger partial charge in [-0.1, -0.05) is 32.4 Å². The van der Waals surface area contributed by atoms with Gasteiger partial charge in [0.1, 0.15) is 0 Å². The summed E-state index contributed by atoms with van der Waals surface area (Å²) >= 11 is 8.16. The summed E-state index contributed by atoms with van der Waals surface area (Å²) in [5.41, 5.74) is 0.155. The smallest absolute Gasteiger partial charge is 0.255 e. The zero-order valence-electron chi connectivity index (χ0n) is 21.3. The molecule has 9 heteroatoms. The lowest BCUT2D eigenvalue weighted by Gasteiger charge is -2.44. The molecule has 2 unspecified atom stereocenters. The SMILES string of the molecule is CC(C)(C)[Si](C)(C)OC1C2CCC1CC(Sc1cc(C(=O)Nc3cc(F)c(F)c(F)c3)ccc1Cl)C2. The number of hydrogen-bond acceptors (Lipinski definition) is 3. The van der Waals surface area contributed by atoms with E-state index in [4.69, 9.17) is 16.0 Å². The van der Waals surface area contributed by atoms with Gasteiger partial charge in [-0.05, 0) is 73.9 Å². The Hall–Kier alpha value is -1.48. The average Bonchev–Trinajstić information content (AvgIpc) is 2.99. The van der Waals surface area contributed by atoms with E-state index in [-0.39, 0.29) is 10.7 Å². The van der Waals surface area contributed by atoms with Gasteiger partial charge in [-0.3, -0.25) is 4.79 Å². The van der Waals surface area contributed by atoms with Gasteiger partial charge in [0.15, 0.2) is 25.8 Å². The second kappa shape index (κ2) is 10.3. The van der Waals surface area contributed by atoms with Gasteiger partial charge in [-0.15, -0.1) is 11.8 Å². The van der Waals surface area contributed by atoms with Crippen molar-refractivity contribution in [3.63, 3.8) is 0 Å². The molecule has 0 radical (unpaired) electrons. The van der Waals surface area contributed by atoms with Crippen LogP contribution in [0.15, 0.2) is 35.2 Å². The van der Waals surface area contributed by atoms with Crippen LogP contribution in [0.3, 0.4) is 0 Å². The van der Waals surface area contributed by atoms with Crippen molar-refractivity contribution in [3.05, 3.63) is 58.4 Å². The summed E-state index contributed by atoms with van der Waals surface area (Å²) in [6.07, 6.45) is 4.78. The highest BCUT2D eigenvalue weighted by Crippen LogP contribution is 2.51. The molecule has 0 heterocycles. The third-order valence-corrected chi connectivity index (χ3v) is 14.2. The van der Waals surface area contributed by atoms with Crippen molar-refractivity contribution in [1.82, 2.24) is 0 Å². The summed E-state index contributed by atoms with van der Waals surface area (Å²) < 4.78 is 47.1. The molecule has 2 atom stereocenters. The fourth-order valence-electron chi connectivity index (χ4n) is 4.97. The lowest BCUT2D eigenvalue weighted by molar-refractivity contribution is 0.0724. The van der Waals surface area contributed by atoms with E-state index in [0.29, 0.717) is 33.8 Å². The molecule has 2 saturated carbocycles. The van der Waals surface area contributed by atoms with Crippen LogP contribution in [0.2, 0.25) is 23.2 Å². The monoisotopic (exact) mass is 555 g/mol. The molecule has 2 fully saturated rings. The fourth-order valence-corrected chi connectivity index (χ4v) is 8.06. The molecule has 3 nitrogen and oxygen atoms in total. The maximum absolute atomic E-state index is 13.5. The van der Waals surface area contributed by atoms with Gasteiger partial charge in [0.25, 0.3) is 5.91 Å². The number of anilines is 1. The molecule has 0 aromatic heterocycles. The maximum Gasteiger partial charge on any atom is 0.255 e. The van der Waals surface area contributed by atoms with Crippen molar-refractivity contribution in [1.29, 1.82) is 0 Å². The van der Waals surface area contributed by atoms with Crippen molar-refractivity contribution < 1.29 is 22.4 Å². The largest absolute Gasteiger partial charge is 0.413 e. The normalized spacial score (nSPS) is 24.1. The van der Waals surface area contributed by atoms with Gasteiger partial charge >= 0.3 is 0 Å². The van der Waals surface area contributed by atoms with Crippen molar-refractivity contribution in [2.75, 3.05) is 5.32 Å². The summed E-state index contributed by atoms with van der Waals surface area (Å²) in [7, 11) is -1.84. The Kier molecular flexibility index (Phi) is 7.92. The van der Waals surface area contributed by atoms with Crippen LogP contribution in [0.4, 0.5) is 18.9 Å². The average molecular weight is 556 g/mol. The number of rotatable bonds is 6. The van der Waals surface area contributed by atoms with E-state index in [2.05, 4.69) is 39.2 Å². The summed E-state index contributed by atoms with van der Waals surface area (Å²) in [5, 5.41) is 3.54. The van der Waals surface area contributed by atoms with Crippen LogP contribution in [0.5, 0.6) is 0 Å². The summed E-state index contributed by atoms with van der Waals surface area (Å²) in [6.45, 7) is 11.5. The minimum Gasteiger partial charge on any atom is -0.413 e. The molecule has 0 saturated heterocycles. The Bertz CT molecular complexity index is 1120. The van der Waals surface area contributed by atoms with E-state index in [9.17, 15) is 18.0 Å². The highest BCUT2D eigenvalue weighted by atomic mass is 35.5. The zero-order valence-corrected chi connectivity index (χ0v) is 23.8. The minimum atomic E-state index is -1.84. The van der Waals surface area contributed by atoms with E-state index in [1.54, 1.807) is 30.0 Å². The molecule has 1 amide bonds. The Labute approximate surface area is 221 Å². The zero-order chi connectivity index (χ0) is 26.4. The molecule has 36 heavy (non-hydrogen) atoms. The van der Waals surface area contributed by atoms with Gasteiger partial charge in [0, 0.05) is 33.5 Å². The van der Waals surface area contributed by atoms with Crippen molar-refractivity contribution in [3.8, 4) is 0 Å². The van der Waals surface area contributed by atoms with Crippen molar-refractivity contribution >= 4 is 43.3 Å². The van der Waals surface area contributed by atoms with Gasteiger partial charge in [0.05, 0.1) is 11.1 Å². The summed E-state index contributed by atoms with van der Waals surface area (Å²) in [5.74, 6) is -3.78. The summed E-state index contributed by atoms with van der Waals surface area (Å²) in [4.78, 5) is 13.5. The number of amides is 1. The van der Waals surface area contributed by atoms with Gasteiger partial charge in [0.2, 0.25) is 0 Å². The molecule has 1 N–H and O–H groups in total. The van der Waals surface area contributed by atoms with Gasteiger partial charge in [-0.25, -0.2) is 13.2 Å². The molecule has 0 aliphatic heterocycles. The molecule has 2 bridgehead atoms. The number of thioether (sulfide) groups is 1. The number of halogens is 4. The minimum absolute atomic E-state index is 0.155. The lowest BCUT2D eigenvalue weighted by atomic mass is 9.86. The van der Waals surface area contributed by atoms with Crippen LogP contribution in [-0.2, 0) is 4.43 Å². The van der Waals surface area contributed by atoms with Crippen molar-refractivity contribution in [2.45, 2.75) is 80.8 Å². The molecule has 196 valence electrons. The van der Waals surface area contributed by atoms with E-state index in [1.165, 1.54) is 12.8 Å². The van der Waals surface area contributed by atoms with Crippen LogP contribution in [-0.4, -0.2) is 25.6 Å². The highest BCUT2D eigenvalue weighted by Gasteiger charge is 2.48. The molecule has 4 rings (SSSR count). The third kappa shape index (κ3) is 5.82. The Morgan fingerprint density at radius 2 is 1.64 bits per heavy atom. The Morgan fingerprint density at radius 3 is 2.19 bits per heavy atom. The first-order valence-electron chi connectivity index (χ1n) is 12.3. The summed E-state index contributed by atoms with van der Waals surface area (Å²) in [6, 6.07) is 6.43. The van der Waals surface area contributed by atoms with E-state index in [0.717, 1.165) is 29.9 Å². The first-order chi connectivity index (χ1) is 16.7. The third-order valence-electron chi connectivity index (χ3n) is 7.93. The predicted octanol–water partition coefficient (Wildman–Crippen LogP) is 8.68. The standard InChI is InChI=1S/C27H33ClF3NO2SSi/c1-27(2,3)36(4,5)34-25-15-6-7-16(25)11-19(10-15)35-23-12-17(8-9-20(23)28)26(33)32-18-13-21(29)24(31)22(30)14-18/h8-9,12-16,19,25H,6-7,10-11H2,1-5H3,(H,32,33). The number of fused-ring (bicyclic) bond motifs is 2. The quantitative estimate of drug-likeness (QED) is 0.286. The van der Waals surface area contributed by atoms with Crippen LogP contribution in [0, 0.1) is 29.3 Å². The number of hydrogen-bond donors (Lipinski definition) is 1. The molecular weight excluding hydrogens is 523 g/mol. The van der Waals surface area contributed by atoms with Crippen molar-refractivity contribution in [2.24, 2.45) is 11.8 Å². The second-order valence-corrected chi connectivity index (χ2v) is 18.0. The van der Waals surface area contributed by atoms with E-state index in [1.807, 2.05) is 0 Å². The topological polar surface area (TPSA) is 38.3 Å². The second-order valence-electron chi connectivity index (χ2n) is 11.5. The molecule has 2 aliphatic rings. The lowest BCUT2D eigenvalue weighted by Crippen LogP contribution is -2.48. The fraction of sp³-hybridized carbons (Fsp3) is 0.519. The number of nitrogens with one attached hydrogen (secondary N) is 1. The van der Waals surface area contributed by atoms with E-state index >= 15 is 0 Å². The number of carbonyl (C=O) groups excluding carboxylic acids is 1. The molecule has 2 aromatic rings. The first-order valence-corrected chi connectivity index (χ1v) is 16.5. The number of carbonyl (C=O) groups is 1. The van der Waals surface area contributed by atoms with Gasteiger partial charge < -0.3 is 9.74 Å². The Balaban J connectivity index is 1.44. The van der Waals surface area contributed by atoms with Gasteiger partial charge in [-0.2, -0.15) is 0 Å². The highest BCUT2D eigenvalue weighted by molar-refractivity contribution is 8.00. The molecular formula is C27H33ClF3NO2SSi. The molecule has 0 spiro atoms. The van der Waals surface area contributed by atoms with Crippen LogP contribution in [0.25, 0.3) is 0 Å². The van der Waals surface area contributed by atoms with Crippen LogP contribution < -0.4 is 5.32 Å². The predicted molar refractivity (Wildman–Crippen MR) is 143 cm³/mol. The maximum atomic E-state index is 13.5.